The number of halogens is 2. The van der Waals surface area contributed by atoms with Crippen LogP contribution >= 0.6 is 0 Å². The summed E-state index contributed by atoms with van der Waals surface area (Å²) in [6.45, 7) is 0.589. The van der Waals surface area contributed by atoms with Crippen LogP contribution in [0.5, 0.6) is 11.5 Å². The number of carbonyl (C=O) groups is 2. The van der Waals surface area contributed by atoms with Crippen LogP contribution in [0.1, 0.15) is 42.1 Å². The molecule has 0 spiro atoms. The third kappa shape index (κ3) is 6.17. The summed E-state index contributed by atoms with van der Waals surface area (Å²) in [6.07, 6.45) is 0.912. The van der Waals surface area contributed by atoms with Crippen molar-refractivity contribution in [3.63, 3.8) is 0 Å². The summed E-state index contributed by atoms with van der Waals surface area (Å²) in [5, 5.41) is 2.74. The lowest BCUT2D eigenvalue weighted by Gasteiger charge is -2.15. The molecule has 0 aromatic heterocycles. The number of esters is 1. The fraction of sp³-hybridized carbons (Fsp3) is 0.333. The van der Waals surface area contributed by atoms with Crippen LogP contribution in [0.3, 0.4) is 0 Å². The Balaban J connectivity index is 2.00. The molecule has 29 heavy (non-hydrogen) atoms. The Hall–Kier alpha value is -3.16. The van der Waals surface area contributed by atoms with Gasteiger partial charge in [-0.3, -0.25) is 4.79 Å². The van der Waals surface area contributed by atoms with Crippen molar-refractivity contribution in [2.24, 2.45) is 0 Å². The standard InChI is InChI=1S/C21H23F2NO5/c1-4-13(2)15-7-5-6-8-16(15)24-19(25)12-28-20(26)14-9-10-17(29-21(22)23)18(11-14)27-3/h5-11,13,21H,4,12H2,1-3H3,(H,24,25)/t13-/m1/s1. The molecule has 8 heteroatoms. The molecule has 1 atom stereocenters. The summed E-state index contributed by atoms with van der Waals surface area (Å²) in [6, 6.07) is 11.0. The van der Waals surface area contributed by atoms with E-state index in [-0.39, 0.29) is 23.0 Å². The highest BCUT2D eigenvalue weighted by molar-refractivity contribution is 5.96. The minimum atomic E-state index is -3.02. The third-order valence-corrected chi connectivity index (χ3v) is 4.33. The van der Waals surface area contributed by atoms with Crippen molar-refractivity contribution in [1.29, 1.82) is 0 Å². The number of rotatable bonds is 9. The zero-order valence-corrected chi connectivity index (χ0v) is 16.4. The van der Waals surface area contributed by atoms with Crippen molar-refractivity contribution in [3.05, 3.63) is 53.6 Å². The zero-order valence-electron chi connectivity index (χ0n) is 16.4. The van der Waals surface area contributed by atoms with Gasteiger partial charge in [-0.25, -0.2) is 4.79 Å². The molecular formula is C21H23F2NO5. The predicted octanol–water partition coefficient (Wildman–Crippen LogP) is 4.61. The maximum Gasteiger partial charge on any atom is 0.387 e. The molecule has 1 N–H and O–H groups in total. The molecule has 2 aromatic carbocycles. The van der Waals surface area contributed by atoms with Crippen molar-refractivity contribution in [3.8, 4) is 11.5 Å². The molecule has 0 saturated carbocycles. The van der Waals surface area contributed by atoms with Crippen LogP contribution in [-0.2, 0) is 9.53 Å². The molecule has 2 rings (SSSR count). The summed E-state index contributed by atoms with van der Waals surface area (Å²) >= 11 is 0. The fourth-order valence-corrected chi connectivity index (χ4v) is 2.65. The lowest BCUT2D eigenvalue weighted by molar-refractivity contribution is -0.119. The minimum Gasteiger partial charge on any atom is -0.493 e. The molecular weight excluding hydrogens is 384 g/mol. The van der Waals surface area contributed by atoms with Crippen LogP contribution in [0.4, 0.5) is 14.5 Å². The van der Waals surface area contributed by atoms with E-state index < -0.39 is 25.1 Å². The van der Waals surface area contributed by atoms with Gasteiger partial charge in [0.2, 0.25) is 0 Å². The highest BCUT2D eigenvalue weighted by Gasteiger charge is 2.17. The number of hydrogen-bond acceptors (Lipinski definition) is 5. The van der Waals surface area contributed by atoms with E-state index in [0.29, 0.717) is 5.69 Å². The minimum absolute atomic E-state index is 0.0382. The topological polar surface area (TPSA) is 73.9 Å². The molecule has 6 nitrogen and oxygen atoms in total. The number of methoxy groups -OCH3 is 1. The van der Waals surface area contributed by atoms with Gasteiger partial charge in [-0.1, -0.05) is 32.0 Å². The summed E-state index contributed by atoms with van der Waals surface area (Å²) in [4.78, 5) is 24.4. The Labute approximate surface area is 167 Å². The van der Waals surface area contributed by atoms with E-state index in [1.165, 1.54) is 25.3 Å². The maximum absolute atomic E-state index is 12.4. The summed E-state index contributed by atoms with van der Waals surface area (Å²) in [5.41, 5.74) is 1.70. The second kappa shape index (κ2) is 10.4. The van der Waals surface area contributed by atoms with Crippen LogP contribution in [0, 0.1) is 0 Å². The second-order valence-corrected chi connectivity index (χ2v) is 6.26. The Bertz CT molecular complexity index is 857. The van der Waals surface area contributed by atoms with Crippen LogP contribution in [-0.4, -0.2) is 32.2 Å². The molecule has 0 aliphatic rings. The van der Waals surface area contributed by atoms with E-state index in [0.717, 1.165) is 12.0 Å². The molecule has 0 radical (unpaired) electrons. The number of benzene rings is 2. The van der Waals surface area contributed by atoms with Crippen LogP contribution in [0.15, 0.2) is 42.5 Å². The van der Waals surface area contributed by atoms with Crippen LogP contribution in [0.2, 0.25) is 0 Å². The Morgan fingerprint density at radius 1 is 1.10 bits per heavy atom. The van der Waals surface area contributed by atoms with Gasteiger partial charge >= 0.3 is 12.6 Å². The second-order valence-electron chi connectivity index (χ2n) is 6.26. The van der Waals surface area contributed by atoms with Gasteiger partial charge in [0.15, 0.2) is 18.1 Å². The van der Waals surface area contributed by atoms with Crippen LogP contribution < -0.4 is 14.8 Å². The summed E-state index contributed by atoms with van der Waals surface area (Å²) in [5.74, 6) is -1.28. The summed E-state index contributed by atoms with van der Waals surface area (Å²) in [7, 11) is 1.25. The van der Waals surface area contributed by atoms with Gasteiger partial charge < -0.3 is 19.5 Å². The van der Waals surface area contributed by atoms with E-state index in [9.17, 15) is 18.4 Å². The number of ether oxygens (including phenoxy) is 3. The molecule has 0 fully saturated rings. The van der Waals surface area contributed by atoms with Gasteiger partial charge in [0.25, 0.3) is 5.91 Å². The Kier molecular flexibility index (Phi) is 7.94. The van der Waals surface area contributed by atoms with E-state index >= 15 is 0 Å². The number of alkyl halides is 2. The molecule has 0 bridgehead atoms. The smallest absolute Gasteiger partial charge is 0.387 e. The monoisotopic (exact) mass is 407 g/mol. The first kappa shape index (κ1) is 22.1. The maximum atomic E-state index is 12.4. The molecule has 0 heterocycles. The highest BCUT2D eigenvalue weighted by atomic mass is 19.3. The van der Waals surface area contributed by atoms with Crippen molar-refractivity contribution in [2.45, 2.75) is 32.8 Å². The van der Waals surface area contributed by atoms with Gasteiger partial charge in [-0.15, -0.1) is 0 Å². The normalized spacial score (nSPS) is 11.7. The van der Waals surface area contributed by atoms with E-state index in [2.05, 4.69) is 23.9 Å². The number of hydrogen-bond donors (Lipinski definition) is 1. The lowest BCUT2D eigenvalue weighted by Crippen LogP contribution is -2.21. The average molecular weight is 407 g/mol. The van der Waals surface area contributed by atoms with Gasteiger partial charge in [0.1, 0.15) is 0 Å². The molecule has 0 aliphatic carbocycles. The molecule has 2 aromatic rings. The largest absolute Gasteiger partial charge is 0.493 e. The van der Waals surface area contributed by atoms with Crippen LogP contribution in [0.25, 0.3) is 0 Å². The number of para-hydroxylation sites is 1. The van der Waals surface area contributed by atoms with Crippen molar-refractivity contribution in [2.75, 3.05) is 19.0 Å². The van der Waals surface area contributed by atoms with Gasteiger partial charge in [-0.05, 0) is 42.2 Å². The van der Waals surface area contributed by atoms with Crippen molar-refractivity contribution in [1.82, 2.24) is 0 Å². The Morgan fingerprint density at radius 3 is 2.48 bits per heavy atom. The first-order valence-corrected chi connectivity index (χ1v) is 9.04. The summed E-state index contributed by atoms with van der Waals surface area (Å²) < 4.78 is 39.0. The number of carbonyl (C=O) groups excluding carboxylic acids is 2. The molecule has 0 aliphatic heterocycles. The van der Waals surface area contributed by atoms with Crippen molar-refractivity contribution < 1.29 is 32.6 Å². The van der Waals surface area contributed by atoms with Gasteiger partial charge in [0.05, 0.1) is 12.7 Å². The number of amides is 1. The van der Waals surface area contributed by atoms with Gasteiger partial charge in [0, 0.05) is 5.69 Å². The quantitative estimate of drug-likeness (QED) is 0.615. The zero-order chi connectivity index (χ0) is 21.4. The predicted molar refractivity (Wildman–Crippen MR) is 104 cm³/mol. The molecule has 1 amide bonds. The first-order valence-electron chi connectivity index (χ1n) is 9.04. The van der Waals surface area contributed by atoms with Gasteiger partial charge in [-0.2, -0.15) is 8.78 Å². The van der Waals surface area contributed by atoms with E-state index in [1.54, 1.807) is 6.07 Å². The molecule has 0 unspecified atom stereocenters. The number of nitrogens with one attached hydrogen (secondary N) is 1. The molecule has 0 saturated heterocycles. The fourth-order valence-electron chi connectivity index (χ4n) is 2.65. The number of anilines is 1. The lowest BCUT2D eigenvalue weighted by atomic mass is 9.97. The molecule has 156 valence electrons. The third-order valence-electron chi connectivity index (χ3n) is 4.33. The SMILES string of the molecule is CC[C@@H](C)c1ccccc1NC(=O)COC(=O)c1ccc(OC(F)F)c(OC)c1. The average Bonchev–Trinajstić information content (AvgIpc) is 2.71. The van der Waals surface area contributed by atoms with E-state index in [4.69, 9.17) is 9.47 Å². The highest BCUT2D eigenvalue weighted by Crippen LogP contribution is 2.30. The Morgan fingerprint density at radius 2 is 1.83 bits per heavy atom. The van der Waals surface area contributed by atoms with Crippen molar-refractivity contribution >= 4 is 17.6 Å². The first-order chi connectivity index (χ1) is 13.8. The van der Waals surface area contributed by atoms with E-state index in [1.807, 2.05) is 18.2 Å².